The van der Waals surface area contributed by atoms with Crippen LogP contribution >= 0.6 is 0 Å². The number of amides is 1. The number of hydrogen-bond donors (Lipinski definition) is 3. The SMILES string of the molecule is CC(NC(=O)C(N)CC(=O)O)C1CCC1. The molecule has 1 amide bonds. The van der Waals surface area contributed by atoms with Gasteiger partial charge in [-0.1, -0.05) is 6.42 Å². The second-order valence-electron chi connectivity index (χ2n) is 4.19. The summed E-state index contributed by atoms with van der Waals surface area (Å²) in [6.07, 6.45) is 3.17. The molecule has 1 aliphatic rings. The van der Waals surface area contributed by atoms with Crippen molar-refractivity contribution in [2.24, 2.45) is 11.7 Å². The van der Waals surface area contributed by atoms with Gasteiger partial charge < -0.3 is 16.2 Å². The summed E-state index contributed by atoms with van der Waals surface area (Å²) < 4.78 is 0. The molecular formula is C10H18N2O3. The fourth-order valence-electron chi connectivity index (χ4n) is 1.67. The zero-order valence-electron chi connectivity index (χ0n) is 8.90. The van der Waals surface area contributed by atoms with E-state index in [9.17, 15) is 9.59 Å². The minimum atomic E-state index is -1.05. The van der Waals surface area contributed by atoms with E-state index in [0.717, 1.165) is 12.8 Å². The standard InChI is InChI=1S/C10H18N2O3/c1-6(7-3-2-4-7)12-10(15)8(11)5-9(13)14/h6-8H,2-5,11H2,1H3,(H,12,15)(H,13,14). The molecule has 5 heteroatoms. The van der Waals surface area contributed by atoms with Gasteiger partial charge in [-0.2, -0.15) is 0 Å². The fourth-order valence-corrected chi connectivity index (χ4v) is 1.67. The molecule has 0 aromatic rings. The van der Waals surface area contributed by atoms with Crippen molar-refractivity contribution in [2.75, 3.05) is 0 Å². The molecule has 0 heterocycles. The third-order valence-electron chi connectivity index (χ3n) is 2.96. The number of aliphatic carboxylic acids is 1. The van der Waals surface area contributed by atoms with Crippen LogP contribution in [0, 0.1) is 5.92 Å². The molecule has 1 saturated carbocycles. The van der Waals surface area contributed by atoms with E-state index in [1.807, 2.05) is 6.92 Å². The molecule has 4 N–H and O–H groups in total. The van der Waals surface area contributed by atoms with Crippen LogP contribution in [-0.4, -0.2) is 29.1 Å². The third kappa shape index (κ3) is 3.51. The molecule has 15 heavy (non-hydrogen) atoms. The Morgan fingerprint density at radius 3 is 2.53 bits per heavy atom. The molecule has 0 aliphatic heterocycles. The molecule has 0 saturated heterocycles. The molecular weight excluding hydrogens is 196 g/mol. The lowest BCUT2D eigenvalue weighted by Gasteiger charge is -2.32. The number of carbonyl (C=O) groups excluding carboxylic acids is 1. The van der Waals surface area contributed by atoms with Crippen LogP contribution in [0.3, 0.4) is 0 Å². The van der Waals surface area contributed by atoms with Crippen LogP contribution in [0.25, 0.3) is 0 Å². The maximum Gasteiger partial charge on any atom is 0.305 e. The number of hydrogen-bond acceptors (Lipinski definition) is 3. The lowest BCUT2D eigenvalue weighted by atomic mass is 9.80. The van der Waals surface area contributed by atoms with Crippen molar-refractivity contribution in [1.29, 1.82) is 0 Å². The van der Waals surface area contributed by atoms with Crippen molar-refractivity contribution in [2.45, 2.75) is 44.7 Å². The zero-order valence-corrected chi connectivity index (χ0v) is 8.90. The fraction of sp³-hybridized carbons (Fsp3) is 0.800. The van der Waals surface area contributed by atoms with Gasteiger partial charge in [0.05, 0.1) is 12.5 Å². The summed E-state index contributed by atoms with van der Waals surface area (Å²) in [7, 11) is 0. The molecule has 2 atom stereocenters. The van der Waals surface area contributed by atoms with Crippen LogP contribution in [0.5, 0.6) is 0 Å². The maximum atomic E-state index is 11.4. The monoisotopic (exact) mass is 214 g/mol. The van der Waals surface area contributed by atoms with Crippen LogP contribution < -0.4 is 11.1 Å². The van der Waals surface area contributed by atoms with Gasteiger partial charge >= 0.3 is 5.97 Å². The number of carboxylic acids is 1. The van der Waals surface area contributed by atoms with Gasteiger partial charge in [0, 0.05) is 6.04 Å². The lowest BCUT2D eigenvalue weighted by molar-refractivity contribution is -0.139. The molecule has 0 spiro atoms. The van der Waals surface area contributed by atoms with Crippen LogP contribution in [0.2, 0.25) is 0 Å². The molecule has 0 radical (unpaired) electrons. The van der Waals surface area contributed by atoms with Crippen molar-refractivity contribution in [3.8, 4) is 0 Å². The van der Waals surface area contributed by atoms with Gasteiger partial charge in [-0.05, 0) is 25.7 Å². The molecule has 86 valence electrons. The van der Waals surface area contributed by atoms with E-state index in [-0.39, 0.29) is 18.4 Å². The highest BCUT2D eigenvalue weighted by molar-refractivity contribution is 5.86. The average molecular weight is 214 g/mol. The topological polar surface area (TPSA) is 92.4 Å². The Morgan fingerprint density at radius 2 is 2.13 bits per heavy atom. The Morgan fingerprint density at radius 1 is 1.53 bits per heavy atom. The zero-order chi connectivity index (χ0) is 11.4. The number of carbonyl (C=O) groups is 2. The first kappa shape index (κ1) is 12.0. The number of nitrogens with one attached hydrogen (secondary N) is 1. The van der Waals surface area contributed by atoms with Crippen LogP contribution in [0.15, 0.2) is 0 Å². The quantitative estimate of drug-likeness (QED) is 0.605. The van der Waals surface area contributed by atoms with E-state index >= 15 is 0 Å². The highest BCUT2D eigenvalue weighted by Gasteiger charge is 2.26. The maximum absolute atomic E-state index is 11.4. The first-order valence-electron chi connectivity index (χ1n) is 5.28. The first-order valence-corrected chi connectivity index (χ1v) is 5.28. The predicted molar refractivity (Wildman–Crippen MR) is 55.2 cm³/mol. The predicted octanol–water partition coefficient (Wildman–Crippen LogP) is 0.0932. The van der Waals surface area contributed by atoms with Crippen molar-refractivity contribution in [1.82, 2.24) is 5.32 Å². The molecule has 2 unspecified atom stereocenters. The summed E-state index contributed by atoms with van der Waals surface area (Å²) in [5.74, 6) is -0.878. The van der Waals surface area contributed by atoms with Crippen molar-refractivity contribution in [3.05, 3.63) is 0 Å². The summed E-state index contributed by atoms with van der Waals surface area (Å²) in [4.78, 5) is 21.8. The molecule has 5 nitrogen and oxygen atoms in total. The van der Waals surface area contributed by atoms with Gasteiger partial charge in [0.1, 0.15) is 0 Å². The normalized spacial score (nSPS) is 20.1. The van der Waals surface area contributed by atoms with Crippen LogP contribution in [0.4, 0.5) is 0 Å². The average Bonchev–Trinajstić information content (AvgIpc) is 1.98. The number of carboxylic acid groups (broad SMARTS) is 1. The summed E-state index contributed by atoms with van der Waals surface area (Å²) >= 11 is 0. The molecule has 0 bridgehead atoms. The van der Waals surface area contributed by atoms with Gasteiger partial charge in [0.25, 0.3) is 0 Å². The van der Waals surface area contributed by atoms with Gasteiger partial charge in [0.15, 0.2) is 0 Å². The van der Waals surface area contributed by atoms with Gasteiger partial charge in [-0.15, -0.1) is 0 Å². The molecule has 1 aliphatic carbocycles. The summed E-state index contributed by atoms with van der Waals surface area (Å²) in [6.45, 7) is 1.94. The Hall–Kier alpha value is -1.10. The van der Waals surface area contributed by atoms with Gasteiger partial charge in [-0.3, -0.25) is 9.59 Å². The van der Waals surface area contributed by atoms with Crippen molar-refractivity contribution < 1.29 is 14.7 Å². The first-order chi connectivity index (χ1) is 7.00. The molecule has 0 aromatic heterocycles. The summed E-state index contributed by atoms with van der Waals surface area (Å²) in [5.41, 5.74) is 5.43. The van der Waals surface area contributed by atoms with Gasteiger partial charge in [0.2, 0.25) is 5.91 Å². The minimum Gasteiger partial charge on any atom is -0.481 e. The highest BCUT2D eigenvalue weighted by Crippen LogP contribution is 2.29. The Bertz CT molecular complexity index is 251. The van der Waals surface area contributed by atoms with Crippen LogP contribution in [-0.2, 0) is 9.59 Å². The van der Waals surface area contributed by atoms with Crippen LogP contribution in [0.1, 0.15) is 32.6 Å². The number of rotatable bonds is 5. The molecule has 0 aromatic carbocycles. The minimum absolute atomic E-state index is 0.103. The van der Waals surface area contributed by atoms with E-state index in [4.69, 9.17) is 10.8 Å². The van der Waals surface area contributed by atoms with E-state index < -0.39 is 12.0 Å². The van der Waals surface area contributed by atoms with E-state index in [0.29, 0.717) is 5.92 Å². The second-order valence-corrected chi connectivity index (χ2v) is 4.19. The van der Waals surface area contributed by atoms with Crippen molar-refractivity contribution >= 4 is 11.9 Å². The Kier molecular flexibility index (Phi) is 4.08. The summed E-state index contributed by atoms with van der Waals surface area (Å²) in [5, 5.41) is 11.2. The molecule has 1 fully saturated rings. The van der Waals surface area contributed by atoms with Gasteiger partial charge in [-0.25, -0.2) is 0 Å². The second kappa shape index (κ2) is 5.11. The third-order valence-corrected chi connectivity index (χ3v) is 2.96. The smallest absolute Gasteiger partial charge is 0.305 e. The van der Waals surface area contributed by atoms with E-state index in [1.54, 1.807) is 0 Å². The van der Waals surface area contributed by atoms with Crippen molar-refractivity contribution in [3.63, 3.8) is 0 Å². The van der Waals surface area contributed by atoms with E-state index in [2.05, 4.69) is 5.32 Å². The Balaban J connectivity index is 2.30. The Labute approximate surface area is 89.0 Å². The summed E-state index contributed by atoms with van der Waals surface area (Å²) in [6, 6.07) is -0.837. The lowest BCUT2D eigenvalue weighted by Crippen LogP contribution is -2.48. The highest BCUT2D eigenvalue weighted by atomic mass is 16.4. The largest absolute Gasteiger partial charge is 0.481 e. The molecule has 1 rings (SSSR count). The van der Waals surface area contributed by atoms with E-state index in [1.165, 1.54) is 6.42 Å². The number of nitrogens with two attached hydrogens (primary N) is 1.